The van der Waals surface area contributed by atoms with Crippen molar-refractivity contribution >= 4 is 0 Å². The van der Waals surface area contributed by atoms with Gasteiger partial charge in [0.15, 0.2) is 0 Å². The Morgan fingerprint density at radius 1 is 0.282 bits per heavy atom. The van der Waals surface area contributed by atoms with Gasteiger partial charge in [0.2, 0.25) is 0 Å². The molecule has 39 heavy (non-hydrogen) atoms. The lowest BCUT2D eigenvalue weighted by Crippen LogP contribution is -1.99. The van der Waals surface area contributed by atoms with Crippen LogP contribution in [-0.4, -0.2) is 0 Å². The smallest absolute Gasteiger partial charge is 0.0727 e. The van der Waals surface area contributed by atoms with Crippen LogP contribution in [0.25, 0.3) is 44.5 Å². The van der Waals surface area contributed by atoms with Crippen LogP contribution >= 0.6 is 0 Å². The second kappa shape index (κ2) is 11.8. The first-order valence-corrected chi connectivity index (χ1v) is 13.4. The molecular weight excluding hydrogens is 472 g/mol. The molecule has 6 aromatic rings. The monoisotopic (exact) mass is 502 g/mol. The molecule has 0 amide bonds. The Morgan fingerprint density at radius 3 is 1.00 bits per heavy atom. The molecule has 6 rings (SSSR count). The molecule has 1 heteroatoms. The molecule has 0 bridgehead atoms. The third-order valence-corrected chi connectivity index (χ3v) is 7.15. The van der Waals surface area contributed by atoms with Crippen molar-refractivity contribution in [2.75, 3.05) is 0 Å². The van der Waals surface area contributed by atoms with Gasteiger partial charge in [-0.15, -0.1) is 0 Å². The molecule has 0 unspecified atom stereocenters. The number of hydrogen-bond donors (Lipinski definition) is 0. The van der Waals surface area contributed by atoms with E-state index in [0.717, 1.165) is 0 Å². The van der Waals surface area contributed by atoms with Crippen LogP contribution in [0.3, 0.4) is 0 Å². The van der Waals surface area contributed by atoms with Crippen LogP contribution in [0.5, 0.6) is 0 Å². The van der Waals surface area contributed by atoms with Gasteiger partial charge in [0, 0.05) is 0 Å². The topological polar surface area (TPSA) is 9.23 Å². The van der Waals surface area contributed by atoms with Gasteiger partial charge in [-0.2, -0.15) is 0 Å². The lowest BCUT2D eigenvalue weighted by molar-refractivity contribution is 0.108. The molecule has 0 fully saturated rings. The fourth-order valence-corrected chi connectivity index (χ4v) is 5.26. The Balaban J connectivity index is 1.27. The highest BCUT2D eigenvalue weighted by Gasteiger charge is 2.13. The minimum absolute atomic E-state index is 0.536. The summed E-state index contributed by atoms with van der Waals surface area (Å²) in [5, 5.41) is 0. The third kappa shape index (κ3) is 5.45. The number of hydrogen-bond acceptors (Lipinski definition) is 1. The number of benzene rings is 6. The molecule has 0 radical (unpaired) electrons. The van der Waals surface area contributed by atoms with Gasteiger partial charge in [0.05, 0.1) is 13.2 Å². The van der Waals surface area contributed by atoms with Crippen LogP contribution in [0.4, 0.5) is 0 Å². The molecule has 0 aliphatic carbocycles. The van der Waals surface area contributed by atoms with E-state index in [1.54, 1.807) is 0 Å². The Hall–Kier alpha value is -4.72. The first-order chi connectivity index (χ1) is 19.4. The Morgan fingerprint density at radius 2 is 0.590 bits per heavy atom. The average Bonchev–Trinajstić information content (AvgIpc) is 3.02. The van der Waals surface area contributed by atoms with E-state index in [2.05, 4.69) is 158 Å². The molecule has 0 saturated heterocycles. The predicted octanol–water partition coefficient (Wildman–Crippen LogP) is 10.1. The van der Waals surface area contributed by atoms with Crippen molar-refractivity contribution in [3.63, 3.8) is 0 Å². The van der Waals surface area contributed by atoms with Gasteiger partial charge in [0.25, 0.3) is 0 Å². The van der Waals surface area contributed by atoms with Crippen molar-refractivity contribution in [2.24, 2.45) is 0 Å². The predicted molar refractivity (Wildman–Crippen MR) is 163 cm³/mol. The summed E-state index contributed by atoms with van der Waals surface area (Å²) in [5.74, 6) is 0. The van der Waals surface area contributed by atoms with E-state index in [-0.39, 0.29) is 0 Å². The highest BCUT2D eigenvalue weighted by Crippen LogP contribution is 2.36. The van der Waals surface area contributed by atoms with E-state index >= 15 is 0 Å². The van der Waals surface area contributed by atoms with Gasteiger partial charge in [-0.1, -0.05) is 158 Å². The van der Waals surface area contributed by atoms with Crippen LogP contribution in [0, 0.1) is 0 Å². The number of rotatable bonds is 8. The second-order valence-electron chi connectivity index (χ2n) is 9.63. The zero-order valence-electron chi connectivity index (χ0n) is 21.8. The minimum atomic E-state index is 0.536. The molecule has 0 saturated carbocycles. The summed E-state index contributed by atoms with van der Waals surface area (Å²) in [5.41, 5.74) is 12.1. The lowest BCUT2D eigenvalue weighted by atomic mass is 9.92. The quantitative estimate of drug-likeness (QED) is 0.201. The molecular formula is C38H30O. The summed E-state index contributed by atoms with van der Waals surface area (Å²) in [7, 11) is 0. The summed E-state index contributed by atoms with van der Waals surface area (Å²) >= 11 is 0. The molecule has 188 valence electrons. The second-order valence-corrected chi connectivity index (χ2v) is 9.63. The van der Waals surface area contributed by atoms with Crippen LogP contribution in [0.1, 0.15) is 11.1 Å². The van der Waals surface area contributed by atoms with E-state index < -0.39 is 0 Å². The van der Waals surface area contributed by atoms with E-state index in [0.29, 0.717) is 13.2 Å². The van der Waals surface area contributed by atoms with Crippen LogP contribution in [0.15, 0.2) is 158 Å². The van der Waals surface area contributed by atoms with E-state index in [1.807, 2.05) is 0 Å². The molecule has 0 aromatic heterocycles. The van der Waals surface area contributed by atoms with Crippen molar-refractivity contribution in [2.45, 2.75) is 13.2 Å². The van der Waals surface area contributed by atoms with Gasteiger partial charge >= 0.3 is 0 Å². The maximum absolute atomic E-state index is 6.42. The van der Waals surface area contributed by atoms with E-state index in [4.69, 9.17) is 4.74 Å². The normalized spacial score (nSPS) is 10.9. The summed E-state index contributed by atoms with van der Waals surface area (Å²) in [4.78, 5) is 0. The molecule has 0 heterocycles. The van der Waals surface area contributed by atoms with Crippen LogP contribution in [-0.2, 0) is 18.0 Å². The lowest BCUT2D eigenvalue weighted by Gasteiger charge is -2.16. The largest absolute Gasteiger partial charge is 0.372 e. The van der Waals surface area contributed by atoms with Crippen LogP contribution < -0.4 is 0 Å². The molecule has 0 aliphatic rings. The summed E-state index contributed by atoms with van der Waals surface area (Å²) in [6.45, 7) is 1.07. The third-order valence-electron chi connectivity index (χ3n) is 7.15. The molecule has 0 aliphatic heterocycles. The maximum Gasteiger partial charge on any atom is 0.0727 e. The fourth-order valence-electron chi connectivity index (χ4n) is 5.26. The molecule has 0 atom stereocenters. The SMILES string of the molecule is c1ccc(-c2ccccc2-c2ccccc2COCc2ccccc2-c2ccccc2-c2ccccc2)cc1. The van der Waals surface area contributed by atoms with Gasteiger partial charge in [-0.25, -0.2) is 0 Å². The van der Waals surface area contributed by atoms with Crippen molar-refractivity contribution in [3.05, 3.63) is 169 Å². The fraction of sp³-hybridized carbons (Fsp3) is 0.0526. The summed E-state index contributed by atoms with van der Waals surface area (Å²) in [6, 6.07) is 55.6. The Labute approximate surface area is 231 Å². The molecule has 1 nitrogen and oxygen atoms in total. The van der Waals surface area contributed by atoms with Gasteiger partial charge in [0.1, 0.15) is 0 Å². The molecule has 6 aromatic carbocycles. The van der Waals surface area contributed by atoms with Gasteiger partial charge in [-0.3, -0.25) is 0 Å². The highest BCUT2D eigenvalue weighted by atomic mass is 16.5. The van der Waals surface area contributed by atoms with Gasteiger partial charge in [-0.05, 0) is 55.6 Å². The van der Waals surface area contributed by atoms with Crippen molar-refractivity contribution in [1.29, 1.82) is 0 Å². The van der Waals surface area contributed by atoms with Gasteiger partial charge < -0.3 is 4.74 Å². The average molecular weight is 503 g/mol. The molecule has 0 spiro atoms. The van der Waals surface area contributed by atoms with Crippen molar-refractivity contribution in [3.8, 4) is 44.5 Å². The number of ether oxygens (including phenoxy) is 1. The first-order valence-electron chi connectivity index (χ1n) is 13.4. The molecule has 0 N–H and O–H groups in total. The summed E-state index contributed by atoms with van der Waals surface area (Å²) < 4.78 is 6.42. The standard InChI is InChI=1S/C38H30O/c1-3-15-29(16-4-1)33-21-11-13-25-37(33)35-23-9-7-19-31(35)27-39-28-32-20-8-10-24-36(32)38-26-14-12-22-34(38)30-17-5-2-6-18-30/h1-26H,27-28H2. The summed E-state index contributed by atoms with van der Waals surface area (Å²) in [6.07, 6.45) is 0. The first kappa shape index (κ1) is 24.6. The Bertz CT molecular complexity index is 1540. The highest BCUT2D eigenvalue weighted by molar-refractivity contribution is 5.85. The van der Waals surface area contributed by atoms with Crippen molar-refractivity contribution in [1.82, 2.24) is 0 Å². The zero-order valence-corrected chi connectivity index (χ0v) is 21.8. The van der Waals surface area contributed by atoms with Crippen LogP contribution in [0.2, 0.25) is 0 Å². The van der Waals surface area contributed by atoms with E-state index in [9.17, 15) is 0 Å². The maximum atomic E-state index is 6.42. The minimum Gasteiger partial charge on any atom is -0.372 e. The zero-order chi connectivity index (χ0) is 26.3. The Kier molecular flexibility index (Phi) is 7.43. The van der Waals surface area contributed by atoms with Crippen molar-refractivity contribution < 1.29 is 4.74 Å². The van der Waals surface area contributed by atoms with E-state index in [1.165, 1.54) is 55.6 Å².